The summed E-state index contributed by atoms with van der Waals surface area (Å²) in [5.41, 5.74) is 4.19. The highest BCUT2D eigenvalue weighted by atomic mass is 19.3. The Labute approximate surface area is 247 Å². The Morgan fingerprint density at radius 3 is 2.50 bits per heavy atom. The van der Waals surface area contributed by atoms with Crippen molar-refractivity contribution in [3.05, 3.63) is 48.3 Å². The molecule has 2 aliphatic heterocycles. The van der Waals surface area contributed by atoms with Crippen LogP contribution in [-0.4, -0.2) is 103 Å². The smallest absolute Gasteiger partial charge is 0.345 e. The summed E-state index contributed by atoms with van der Waals surface area (Å²) in [6.45, 7) is 7.66. The van der Waals surface area contributed by atoms with Crippen molar-refractivity contribution in [2.24, 2.45) is 5.92 Å². The zero-order valence-electron chi connectivity index (χ0n) is 25.1. The van der Waals surface area contributed by atoms with Gasteiger partial charge in [0.1, 0.15) is 0 Å². The maximum absolute atomic E-state index is 12.5. The van der Waals surface area contributed by atoms with Crippen molar-refractivity contribution >= 4 is 22.8 Å². The minimum absolute atomic E-state index is 0.00125. The van der Waals surface area contributed by atoms with Gasteiger partial charge in [0.2, 0.25) is 0 Å². The van der Waals surface area contributed by atoms with Gasteiger partial charge in [0.15, 0.2) is 0 Å². The number of rotatable bonds is 9. The number of piperazine rings is 1. The van der Waals surface area contributed by atoms with Gasteiger partial charge in [-0.2, -0.15) is 13.9 Å². The molecular weight excluding hydrogens is 542 g/mol. The van der Waals surface area contributed by atoms with Crippen LogP contribution in [0.15, 0.2) is 42.8 Å². The lowest BCUT2D eigenvalue weighted by atomic mass is 9.75. The highest BCUT2D eigenvalue weighted by Crippen LogP contribution is 2.40. The number of allylic oxidation sites excluding steroid dienone is 3. The molecule has 5 rings (SSSR count). The number of amides is 2. The number of carbonyl (C=O) groups is 1. The van der Waals surface area contributed by atoms with Crippen LogP contribution in [0.25, 0.3) is 11.1 Å². The van der Waals surface area contributed by atoms with E-state index in [1.165, 1.54) is 5.57 Å². The average molecular weight is 587 g/mol. The van der Waals surface area contributed by atoms with Crippen LogP contribution in [0.5, 0.6) is 0 Å². The summed E-state index contributed by atoms with van der Waals surface area (Å²) in [4.78, 5) is 18.8. The van der Waals surface area contributed by atoms with Crippen molar-refractivity contribution in [2.45, 2.75) is 64.3 Å². The van der Waals surface area contributed by atoms with E-state index in [9.17, 15) is 13.6 Å². The van der Waals surface area contributed by atoms with Gasteiger partial charge in [-0.05, 0) is 57.7 Å². The maximum Gasteiger partial charge on any atom is 0.345 e. The van der Waals surface area contributed by atoms with Gasteiger partial charge in [0, 0.05) is 82.3 Å². The van der Waals surface area contributed by atoms with Crippen LogP contribution in [-0.2, 0) is 9.47 Å². The Morgan fingerprint density at radius 1 is 1.14 bits per heavy atom. The quantitative estimate of drug-likeness (QED) is 0.462. The molecule has 2 aromatic heterocycles. The number of anilines is 1. The van der Waals surface area contributed by atoms with Gasteiger partial charge < -0.3 is 24.6 Å². The summed E-state index contributed by atoms with van der Waals surface area (Å²) in [7, 11) is 1.79. The van der Waals surface area contributed by atoms with Crippen molar-refractivity contribution in [1.82, 2.24) is 24.7 Å². The van der Waals surface area contributed by atoms with Crippen LogP contribution in [0, 0.1) is 5.92 Å². The number of aromatic nitrogens is 2. The second-order valence-corrected chi connectivity index (χ2v) is 12.0. The lowest BCUT2D eigenvalue weighted by Gasteiger charge is -2.46. The fourth-order valence-corrected chi connectivity index (χ4v) is 6.53. The van der Waals surface area contributed by atoms with Crippen molar-refractivity contribution < 1.29 is 23.0 Å². The molecule has 2 amide bonds. The molecule has 11 heteroatoms. The molecule has 1 N–H and O–H groups in total. The molecule has 2 fully saturated rings. The first kappa shape index (κ1) is 30.4. The van der Waals surface area contributed by atoms with Gasteiger partial charge in [-0.1, -0.05) is 18.2 Å². The summed E-state index contributed by atoms with van der Waals surface area (Å²) < 4.78 is 37.6. The van der Waals surface area contributed by atoms with Crippen LogP contribution in [0.3, 0.4) is 0 Å². The van der Waals surface area contributed by atoms with Gasteiger partial charge in [0.05, 0.1) is 23.4 Å². The van der Waals surface area contributed by atoms with E-state index in [4.69, 9.17) is 4.74 Å². The zero-order chi connectivity index (χ0) is 29.9. The van der Waals surface area contributed by atoms with Crippen molar-refractivity contribution in [1.29, 1.82) is 0 Å². The number of urea groups is 1. The van der Waals surface area contributed by atoms with E-state index in [1.54, 1.807) is 7.11 Å². The molecule has 2 aromatic rings. The van der Waals surface area contributed by atoms with Crippen molar-refractivity contribution in [2.75, 3.05) is 57.9 Å². The molecule has 230 valence electrons. The lowest BCUT2D eigenvalue weighted by Crippen LogP contribution is -2.53. The Morgan fingerprint density at radius 2 is 1.88 bits per heavy atom. The van der Waals surface area contributed by atoms with Crippen LogP contribution in [0.4, 0.5) is 19.3 Å². The molecule has 1 unspecified atom stereocenters. The maximum atomic E-state index is 12.5. The number of likely N-dealkylation sites (tertiary alicyclic amines) is 1. The lowest BCUT2D eigenvalue weighted by molar-refractivity contribution is -0.146. The Hall–Kier alpha value is -3.02. The van der Waals surface area contributed by atoms with E-state index >= 15 is 0 Å². The van der Waals surface area contributed by atoms with Crippen LogP contribution >= 0.6 is 0 Å². The minimum Gasteiger partial charge on any atom is -0.378 e. The Bertz CT molecular complexity index is 1280. The molecule has 1 aliphatic carbocycles. The summed E-state index contributed by atoms with van der Waals surface area (Å²) in [6.07, 6.45) is 13.2. The van der Waals surface area contributed by atoms with Gasteiger partial charge in [-0.15, -0.1) is 0 Å². The number of piperidine rings is 1. The number of hydrogen-bond donors (Lipinski definition) is 1. The zero-order valence-corrected chi connectivity index (χ0v) is 25.1. The number of carbonyl (C=O) groups excluding carboxylic acids is 1. The van der Waals surface area contributed by atoms with E-state index in [0.29, 0.717) is 13.1 Å². The van der Waals surface area contributed by atoms with E-state index in [2.05, 4.69) is 61.5 Å². The molecule has 4 heterocycles. The SMILES string of the molecule is COC1(C2C=CC(c3cc4c(N5CCN(C(=O)NC(C)C)CC5)ccnn4c3)=CC2)CCN([C@H](C)COC(F)F)CC1. The van der Waals surface area contributed by atoms with Gasteiger partial charge in [0.25, 0.3) is 0 Å². The summed E-state index contributed by atoms with van der Waals surface area (Å²) in [5.74, 6) is 0.246. The first-order valence-electron chi connectivity index (χ1n) is 15.0. The van der Waals surface area contributed by atoms with Crippen molar-refractivity contribution in [3.63, 3.8) is 0 Å². The second-order valence-electron chi connectivity index (χ2n) is 12.0. The third kappa shape index (κ3) is 6.63. The Balaban J connectivity index is 1.22. The number of ether oxygens (including phenoxy) is 2. The number of fused-ring (bicyclic) bond motifs is 1. The number of alkyl halides is 2. The second kappa shape index (κ2) is 13.1. The third-order valence-electron chi connectivity index (χ3n) is 9.05. The third-order valence-corrected chi connectivity index (χ3v) is 9.05. The number of halogens is 2. The number of hydrogen-bond acceptors (Lipinski definition) is 6. The summed E-state index contributed by atoms with van der Waals surface area (Å²) in [5, 5.41) is 7.56. The number of nitrogens with one attached hydrogen (secondary N) is 1. The largest absolute Gasteiger partial charge is 0.378 e. The van der Waals surface area contributed by atoms with Crippen LogP contribution < -0.4 is 10.2 Å². The van der Waals surface area contributed by atoms with E-state index in [-0.39, 0.29) is 36.2 Å². The number of methoxy groups -OCH3 is 1. The molecule has 0 bridgehead atoms. The van der Waals surface area contributed by atoms with E-state index in [1.807, 2.05) is 36.4 Å². The van der Waals surface area contributed by atoms with Crippen LogP contribution in [0.2, 0.25) is 0 Å². The monoisotopic (exact) mass is 586 g/mol. The highest BCUT2D eigenvalue weighted by Gasteiger charge is 2.41. The Kier molecular flexibility index (Phi) is 9.49. The molecule has 3 aliphatic rings. The molecule has 2 atom stereocenters. The minimum atomic E-state index is -2.73. The predicted molar refractivity (Wildman–Crippen MR) is 160 cm³/mol. The first-order chi connectivity index (χ1) is 20.2. The summed E-state index contributed by atoms with van der Waals surface area (Å²) >= 11 is 0. The average Bonchev–Trinajstić information content (AvgIpc) is 3.44. The molecule has 0 radical (unpaired) electrons. The molecular formula is C31H44F2N6O3. The van der Waals surface area contributed by atoms with Gasteiger partial charge in [-0.3, -0.25) is 4.90 Å². The molecule has 0 aromatic carbocycles. The van der Waals surface area contributed by atoms with Crippen molar-refractivity contribution in [3.8, 4) is 0 Å². The standard InChI is InChI=1S/C31H44F2N6O3/c1-22(2)35-30(40)38-17-15-37(16-18-38)27-9-12-34-39-20-25(19-28(27)39)24-5-7-26(8-6-24)31(41-4)10-13-36(14-11-31)23(3)21-42-29(32)33/h5-7,9,12,19-20,22-23,26,29H,8,10-11,13-18,21H2,1-4H3,(H,35,40)/t23-,26?/m1/s1. The normalized spacial score (nSPS) is 22.2. The molecule has 42 heavy (non-hydrogen) atoms. The fourth-order valence-electron chi connectivity index (χ4n) is 6.53. The predicted octanol–water partition coefficient (Wildman–Crippen LogP) is 4.64. The molecule has 0 saturated carbocycles. The highest BCUT2D eigenvalue weighted by molar-refractivity contribution is 5.83. The summed E-state index contributed by atoms with van der Waals surface area (Å²) in [6, 6.07) is 4.32. The van der Waals surface area contributed by atoms with Crippen LogP contribution in [0.1, 0.15) is 45.6 Å². The molecule has 0 spiro atoms. The topological polar surface area (TPSA) is 74.6 Å². The van der Waals surface area contributed by atoms with E-state index in [0.717, 1.165) is 62.2 Å². The van der Waals surface area contributed by atoms with Gasteiger partial charge >= 0.3 is 12.6 Å². The fraction of sp³-hybridized carbons (Fsp3) is 0.613. The van der Waals surface area contributed by atoms with Gasteiger partial charge in [-0.25, -0.2) is 9.31 Å². The molecule has 2 saturated heterocycles. The van der Waals surface area contributed by atoms with E-state index < -0.39 is 6.61 Å². The number of nitrogens with zero attached hydrogens (tertiary/aromatic N) is 5. The first-order valence-corrected chi connectivity index (χ1v) is 15.0. The molecule has 9 nitrogen and oxygen atoms in total.